The molecule has 1 aliphatic rings. The molecule has 7 heteroatoms. The van der Waals surface area contributed by atoms with E-state index in [2.05, 4.69) is 25.9 Å². The molecule has 7 nitrogen and oxygen atoms in total. The van der Waals surface area contributed by atoms with Gasteiger partial charge in [-0.3, -0.25) is 9.48 Å². The van der Waals surface area contributed by atoms with Crippen LogP contribution in [-0.2, 0) is 22.5 Å². The van der Waals surface area contributed by atoms with Crippen molar-refractivity contribution >= 4 is 11.9 Å². The summed E-state index contributed by atoms with van der Waals surface area (Å²) < 4.78 is 8.87. The van der Waals surface area contributed by atoms with Crippen LogP contribution >= 0.6 is 0 Å². The summed E-state index contributed by atoms with van der Waals surface area (Å²) in [7, 11) is 1.40. The van der Waals surface area contributed by atoms with Crippen molar-refractivity contribution < 1.29 is 14.3 Å². The van der Waals surface area contributed by atoms with Gasteiger partial charge in [0.1, 0.15) is 5.69 Å². The van der Waals surface area contributed by atoms with Gasteiger partial charge < -0.3 is 14.2 Å². The number of rotatable bonds is 6. The van der Waals surface area contributed by atoms with Crippen molar-refractivity contribution in [1.29, 1.82) is 0 Å². The Bertz CT molecular complexity index is 873. The first-order valence-corrected chi connectivity index (χ1v) is 10.4. The molecule has 0 spiro atoms. The first kappa shape index (κ1) is 21.1. The maximum Gasteiger partial charge on any atom is 0.354 e. The van der Waals surface area contributed by atoms with Gasteiger partial charge in [-0.2, -0.15) is 5.10 Å². The van der Waals surface area contributed by atoms with Crippen LogP contribution in [0.5, 0.6) is 0 Å². The van der Waals surface area contributed by atoms with Gasteiger partial charge >= 0.3 is 5.97 Å². The Morgan fingerprint density at radius 2 is 1.93 bits per heavy atom. The number of aromatic nitrogens is 3. The predicted octanol–water partition coefficient (Wildman–Crippen LogP) is 3.15. The van der Waals surface area contributed by atoms with E-state index >= 15 is 0 Å². The molecule has 1 aliphatic heterocycles. The molecule has 0 aliphatic carbocycles. The van der Waals surface area contributed by atoms with Gasteiger partial charge in [-0.1, -0.05) is 13.8 Å². The summed E-state index contributed by atoms with van der Waals surface area (Å²) in [5.41, 5.74) is 3.66. The van der Waals surface area contributed by atoms with Crippen LogP contribution < -0.4 is 0 Å². The van der Waals surface area contributed by atoms with Crippen LogP contribution in [0.15, 0.2) is 18.3 Å². The van der Waals surface area contributed by atoms with E-state index < -0.39 is 0 Å². The number of hydrogen-bond acceptors (Lipinski definition) is 4. The zero-order valence-electron chi connectivity index (χ0n) is 18.1. The molecule has 29 heavy (non-hydrogen) atoms. The molecular formula is C22H32N4O3. The number of methoxy groups -OCH3 is 1. The average Bonchev–Trinajstić information content (AvgIpc) is 3.28. The monoisotopic (exact) mass is 400 g/mol. The summed E-state index contributed by atoms with van der Waals surface area (Å²) >= 11 is 0. The van der Waals surface area contributed by atoms with E-state index in [1.54, 1.807) is 6.07 Å². The number of likely N-dealkylation sites (tertiary alicyclic amines) is 1. The van der Waals surface area contributed by atoms with Crippen molar-refractivity contribution in [3.05, 3.63) is 41.0 Å². The number of hydrogen-bond donors (Lipinski definition) is 0. The normalized spacial score (nSPS) is 15.2. The molecule has 1 fully saturated rings. The minimum absolute atomic E-state index is 0.152. The highest BCUT2D eigenvalue weighted by molar-refractivity contribution is 5.87. The van der Waals surface area contributed by atoms with Crippen LogP contribution in [0.4, 0.5) is 0 Å². The quantitative estimate of drug-likeness (QED) is 0.699. The highest BCUT2D eigenvalue weighted by Gasteiger charge is 2.27. The SMILES string of the molecule is COC(=O)c1cccn1C1CCN(C(=O)Cc2c(C)nn(CC(C)C)c2C)CC1. The topological polar surface area (TPSA) is 69.4 Å². The minimum Gasteiger partial charge on any atom is -0.464 e. The van der Waals surface area contributed by atoms with E-state index in [9.17, 15) is 9.59 Å². The van der Waals surface area contributed by atoms with Crippen molar-refractivity contribution in [3.63, 3.8) is 0 Å². The van der Waals surface area contributed by atoms with Gasteiger partial charge in [0.05, 0.1) is 19.2 Å². The second-order valence-corrected chi connectivity index (χ2v) is 8.31. The third-order valence-corrected chi connectivity index (χ3v) is 5.78. The fourth-order valence-electron chi connectivity index (χ4n) is 4.16. The highest BCUT2D eigenvalue weighted by atomic mass is 16.5. The Labute approximate surface area is 172 Å². The summed E-state index contributed by atoms with van der Waals surface area (Å²) in [6.07, 6.45) is 3.98. The smallest absolute Gasteiger partial charge is 0.354 e. The Hall–Kier alpha value is -2.57. The van der Waals surface area contributed by atoms with E-state index in [0.29, 0.717) is 31.1 Å². The molecule has 0 atom stereocenters. The first-order chi connectivity index (χ1) is 13.8. The summed E-state index contributed by atoms with van der Waals surface area (Å²) in [6, 6.07) is 3.86. The molecule has 0 unspecified atom stereocenters. The van der Waals surface area contributed by atoms with Crippen LogP contribution in [-0.4, -0.2) is 51.3 Å². The number of ether oxygens (including phenoxy) is 1. The Kier molecular flexibility index (Phi) is 6.45. The second kappa shape index (κ2) is 8.84. The van der Waals surface area contributed by atoms with Crippen LogP contribution in [0.25, 0.3) is 0 Å². The number of carbonyl (C=O) groups excluding carboxylic acids is 2. The van der Waals surface area contributed by atoms with Gasteiger partial charge in [0, 0.05) is 43.1 Å². The Morgan fingerprint density at radius 1 is 1.24 bits per heavy atom. The number of piperidine rings is 1. The molecule has 0 radical (unpaired) electrons. The van der Waals surface area contributed by atoms with Crippen molar-refractivity contribution in [1.82, 2.24) is 19.2 Å². The van der Waals surface area contributed by atoms with Gasteiger partial charge in [-0.05, 0) is 44.7 Å². The van der Waals surface area contributed by atoms with Gasteiger partial charge in [-0.25, -0.2) is 4.79 Å². The Morgan fingerprint density at radius 3 is 2.55 bits per heavy atom. The number of carbonyl (C=O) groups is 2. The van der Waals surface area contributed by atoms with E-state index in [1.807, 2.05) is 33.3 Å². The predicted molar refractivity (Wildman–Crippen MR) is 111 cm³/mol. The van der Waals surface area contributed by atoms with Crippen LogP contribution in [0.2, 0.25) is 0 Å². The minimum atomic E-state index is -0.321. The van der Waals surface area contributed by atoms with Gasteiger partial charge in [0.15, 0.2) is 0 Å². The van der Waals surface area contributed by atoms with Gasteiger partial charge in [-0.15, -0.1) is 0 Å². The number of aryl methyl sites for hydroxylation is 1. The molecule has 0 N–H and O–H groups in total. The first-order valence-electron chi connectivity index (χ1n) is 10.4. The molecule has 158 valence electrons. The number of esters is 1. The lowest BCUT2D eigenvalue weighted by Crippen LogP contribution is -2.40. The number of nitrogens with zero attached hydrogens (tertiary/aromatic N) is 4. The molecule has 1 saturated heterocycles. The maximum absolute atomic E-state index is 12.9. The highest BCUT2D eigenvalue weighted by Crippen LogP contribution is 2.26. The third-order valence-electron chi connectivity index (χ3n) is 5.78. The summed E-state index contributed by atoms with van der Waals surface area (Å²) in [4.78, 5) is 26.8. The van der Waals surface area contributed by atoms with E-state index in [0.717, 1.165) is 36.3 Å². The second-order valence-electron chi connectivity index (χ2n) is 8.31. The summed E-state index contributed by atoms with van der Waals surface area (Å²) in [5, 5.41) is 4.63. The lowest BCUT2D eigenvalue weighted by atomic mass is 10.0. The lowest BCUT2D eigenvalue weighted by molar-refractivity contribution is -0.131. The zero-order valence-corrected chi connectivity index (χ0v) is 18.1. The summed E-state index contributed by atoms with van der Waals surface area (Å²) in [5.74, 6) is 0.344. The average molecular weight is 401 g/mol. The molecule has 1 amide bonds. The fourth-order valence-corrected chi connectivity index (χ4v) is 4.16. The van der Waals surface area contributed by atoms with Gasteiger partial charge in [0.2, 0.25) is 5.91 Å². The van der Waals surface area contributed by atoms with Crippen LogP contribution in [0.3, 0.4) is 0 Å². The van der Waals surface area contributed by atoms with E-state index in [-0.39, 0.29) is 17.9 Å². The lowest BCUT2D eigenvalue weighted by Gasteiger charge is -2.33. The molecule has 2 aromatic heterocycles. The standard InChI is InChI=1S/C22H32N4O3/c1-15(2)14-26-17(4)19(16(3)23-26)13-21(27)24-11-8-18(9-12-24)25-10-6-7-20(25)22(28)29-5/h6-7,10,15,18H,8-9,11-14H2,1-5H3. The molecule has 3 heterocycles. The molecular weight excluding hydrogens is 368 g/mol. The maximum atomic E-state index is 12.9. The molecule has 0 saturated carbocycles. The van der Waals surface area contributed by atoms with Crippen LogP contribution in [0.1, 0.15) is 60.2 Å². The van der Waals surface area contributed by atoms with Crippen molar-refractivity contribution in [2.24, 2.45) is 5.92 Å². The third kappa shape index (κ3) is 4.54. The van der Waals surface area contributed by atoms with Gasteiger partial charge in [0.25, 0.3) is 0 Å². The zero-order chi connectivity index (χ0) is 21.1. The van der Waals surface area contributed by atoms with Crippen molar-refractivity contribution in [2.75, 3.05) is 20.2 Å². The molecule has 2 aromatic rings. The molecule has 0 aromatic carbocycles. The fraction of sp³-hybridized carbons (Fsp3) is 0.591. The van der Waals surface area contributed by atoms with Crippen molar-refractivity contribution in [2.45, 2.75) is 59.5 Å². The van der Waals surface area contributed by atoms with Crippen LogP contribution in [0, 0.1) is 19.8 Å². The summed E-state index contributed by atoms with van der Waals surface area (Å²) in [6.45, 7) is 10.6. The largest absolute Gasteiger partial charge is 0.464 e. The van der Waals surface area contributed by atoms with E-state index in [1.165, 1.54) is 7.11 Å². The van der Waals surface area contributed by atoms with E-state index in [4.69, 9.17) is 4.74 Å². The molecule has 3 rings (SSSR count). The molecule has 0 bridgehead atoms. The Balaban J connectivity index is 1.62. The van der Waals surface area contributed by atoms with Crippen molar-refractivity contribution in [3.8, 4) is 0 Å². The number of amides is 1.